The molecular formula is C16H19NOS. The van der Waals surface area contributed by atoms with Gasteiger partial charge in [0.2, 0.25) is 0 Å². The lowest BCUT2D eigenvalue weighted by molar-refractivity contribution is 0.419. The van der Waals surface area contributed by atoms with Gasteiger partial charge in [-0.05, 0) is 36.1 Å². The lowest BCUT2D eigenvalue weighted by Gasteiger charge is -2.29. The molecule has 0 bridgehead atoms. The van der Waals surface area contributed by atoms with Crippen LogP contribution in [0.2, 0.25) is 0 Å². The molecule has 0 aliphatic carbocycles. The summed E-state index contributed by atoms with van der Waals surface area (Å²) in [6, 6.07) is 13.4. The third-order valence-electron chi connectivity index (χ3n) is 3.69. The Morgan fingerprint density at radius 2 is 1.95 bits per heavy atom. The second-order valence-electron chi connectivity index (χ2n) is 5.01. The number of thioether (sulfide) groups is 1. The number of rotatable bonds is 2. The predicted octanol–water partition coefficient (Wildman–Crippen LogP) is 3.96. The maximum absolute atomic E-state index is 5.46. The zero-order valence-electron chi connectivity index (χ0n) is 11.3. The van der Waals surface area contributed by atoms with Crippen LogP contribution in [0.4, 0.5) is 0 Å². The van der Waals surface area contributed by atoms with E-state index in [4.69, 9.17) is 4.74 Å². The highest BCUT2D eigenvalue weighted by Gasteiger charge is 2.22. The van der Waals surface area contributed by atoms with Crippen molar-refractivity contribution in [1.29, 1.82) is 0 Å². The minimum atomic E-state index is 0.388. The Bertz CT molecular complexity index is 584. The topological polar surface area (TPSA) is 21.3 Å². The molecular weight excluding hydrogens is 254 g/mol. The first-order chi connectivity index (χ1) is 9.29. The number of fused-ring (bicyclic) bond motifs is 1. The molecule has 0 saturated carbocycles. The molecule has 0 aromatic heterocycles. The van der Waals surface area contributed by atoms with Crippen molar-refractivity contribution < 1.29 is 4.74 Å². The van der Waals surface area contributed by atoms with Crippen LogP contribution in [0.1, 0.15) is 24.3 Å². The number of nitrogens with one attached hydrogen (secondary N) is 1. The van der Waals surface area contributed by atoms with Crippen molar-refractivity contribution >= 4 is 22.5 Å². The van der Waals surface area contributed by atoms with Crippen LogP contribution in [0.25, 0.3) is 10.8 Å². The van der Waals surface area contributed by atoms with Crippen molar-refractivity contribution in [2.45, 2.75) is 24.8 Å². The van der Waals surface area contributed by atoms with E-state index in [1.807, 2.05) is 11.8 Å². The Kier molecular flexibility index (Phi) is 3.67. The summed E-state index contributed by atoms with van der Waals surface area (Å²) in [6.45, 7) is 2.26. The Labute approximate surface area is 118 Å². The molecule has 2 atom stereocenters. The Hall–Kier alpha value is -1.19. The van der Waals surface area contributed by atoms with Gasteiger partial charge >= 0.3 is 0 Å². The van der Waals surface area contributed by atoms with Crippen molar-refractivity contribution in [3.63, 3.8) is 0 Å². The molecule has 0 radical (unpaired) electrons. The Balaban J connectivity index is 2.09. The zero-order chi connectivity index (χ0) is 13.2. The van der Waals surface area contributed by atoms with Crippen LogP contribution in [-0.4, -0.2) is 18.9 Å². The average molecular weight is 273 g/mol. The second kappa shape index (κ2) is 5.43. The largest absolute Gasteiger partial charge is 0.496 e. The maximum atomic E-state index is 5.46. The van der Waals surface area contributed by atoms with E-state index in [0.717, 1.165) is 5.75 Å². The van der Waals surface area contributed by atoms with Gasteiger partial charge in [0.25, 0.3) is 0 Å². The first kappa shape index (κ1) is 12.8. The van der Waals surface area contributed by atoms with E-state index in [1.54, 1.807) is 7.11 Å². The van der Waals surface area contributed by atoms with E-state index in [1.165, 1.54) is 28.5 Å². The summed E-state index contributed by atoms with van der Waals surface area (Å²) < 4.78 is 5.46. The Morgan fingerprint density at radius 3 is 2.68 bits per heavy atom. The summed E-state index contributed by atoms with van der Waals surface area (Å²) in [5, 5.41) is 6.56. The molecule has 2 unspecified atom stereocenters. The fraction of sp³-hybridized carbons (Fsp3) is 0.375. The van der Waals surface area contributed by atoms with Crippen LogP contribution >= 0.6 is 11.8 Å². The molecule has 0 spiro atoms. The van der Waals surface area contributed by atoms with Crippen molar-refractivity contribution in [1.82, 2.24) is 5.32 Å². The van der Waals surface area contributed by atoms with Gasteiger partial charge in [-0.2, -0.15) is 0 Å². The number of hydrogen-bond donors (Lipinski definition) is 1. The van der Waals surface area contributed by atoms with Crippen LogP contribution in [0.15, 0.2) is 36.4 Å². The first-order valence-corrected chi connectivity index (χ1v) is 7.78. The molecule has 2 aromatic carbocycles. The van der Waals surface area contributed by atoms with Crippen molar-refractivity contribution in [2.24, 2.45) is 0 Å². The van der Waals surface area contributed by atoms with E-state index in [-0.39, 0.29) is 0 Å². The molecule has 1 heterocycles. The van der Waals surface area contributed by atoms with Gasteiger partial charge in [-0.3, -0.25) is 5.32 Å². The van der Waals surface area contributed by atoms with Crippen molar-refractivity contribution in [2.75, 3.05) is 12.9 Å². The molecule has 2 aromatic rings. The fourth-order valence-electron chi connectivity index (χ4n) is 2.63. The standard InChI is InChI=1S/C16H19NOS/c1-11-9-10-19-16(17-11)14-7-8-15(18-2)13-6-4-3-5-12(13)14/h3-8,11,16-17H,9-10H2,1-2H3. The zero-order valence-corrected chi connectivity index (χ0v) is 12.2. The SMILES string of the molecule is COc1ccc(C2NC(C)CCS2)c2ccccc12. The van der Waals surface area contributed by atoms with E-state index < -0.39 is 0 Å². The number of hydrogen-bond acceptors (Lipinski definition) is 3. The summed E-state index contributed by atoms with van der Waals surface area (Å²) in [4.78, 5) is 0. The summed E-state index contributed by atoms with van der Waals surface area (Å²) in [6.07, 6.45) is 1.25. The van der Waals surface area contributed by atoms with Gasteiger partial charge in [0.1, 0.15) is 5.75 Å². The quantitative estimate of drug-likeness (QED) is 0.895. The Morgan fingerprint density at radius 1 is 1.16 bits per heavy atom. The van der Waals surface area contributed by atoms with E-state index >= 15 is 0 Å². The molecule has 1 fully saturated rings. The molecule has 2 nitrogen and oxygen atoms in total. The summed E-state index contributed by atoms with van der Waals surface area (Å²) >= 11 is 2.00. The fourth-order valence-corrected chi connectivity index (χ4v) is 4.07. The van der Waals surface area contributed by atoms with Crippen LogP contribution in [0.5, 0.6) is 5.75 Å². The predicted molar refractivity (Wildman–Crippen MR) is 82.9 cm³/mol. The molecule has 0 amide bonds. The first-order valence-electron chi connectivity index (χ1n) is 6.73. The summed E-state index contributed by atoms with van der Waals surface area (Å²) in [5.41, 5.74) is 1.37. The van der Waals surface area contributed by atoms with E-state index in [2.05, 4.69) is 48.6 Å². The molecule has 19 heavy (non-hydrogen) atoms. The van der Waals surface area contributed by atoms with Gasteiger partial charge in [-0.25, -0.2) is 0 Å². The summed E-state index contributed by atoms with van der Waals surface area (Å²) in [7, 11) is 1.73. The van der Waals surface area contributed by atoms with Crippen molar-refractivity contribution in [3.8, 4) is 5.75 Å². The van der Waals surface area contributed by atoms with Crippen LogP contribution in [-0.2, 0) is 0 Å². The van der Waals surface area contributed by atoms with Crippen LogP contribution in [0.3, 0.4) is 0 Å². The third kappa shape index (κ3) is 2.45. The van der Waals surface area contributed by atoms with Gasteiger partial charge in [0.05, 0.1) is 12.5 Å². The molecule has 1 N–H and O–H groups in total. The molecule has 3 rings (SSSR count). The molecule has 1 aliphatic heterocycles. The third-order valence-corrected chi connectivity index (χ3v) is 4.89. The van der Waals surface area contributed by atoms with E-state index in [0.29, 0.717) is 11.4 Å². The maximum Gasteiger partial charge on any atom is 0.126 e. The minimum absolute atomic E-state index is 0.388. The molecule has 1 aliphatic rings. The smallest absolute Gasteiger partial charge is 0.126 e. The average Bonchev–Trinajstić information content (AvgIpc) is 2.46. The minimum Gasteiger partial charge on any atom is -0.496 e. The van der Waals surface area contributed by atoms with Crippen LogP contribution < -0.4 is 10.1 Å². The van der Waals surface area contributed by atoms with Gasteiger partial charge in [-0.1, -0.05) is 30.3 Å². The molecule has 1 saturated heterocycles. The molecule has 3 heteroatoms. The van der Waals surface area contributed by atoms with Crippen LogP contribution in [0, 0.1) is 0 Å². The number of benzene rings is 2. The highest BCUT2D eigenvalue weighted by molar-refractivity contribution is 7.99. The summed E-state index contributed by atoms with van der Waals surface area (Å²) in [5.74, 6) is 2.17. The van der Waals surface area contributed by atoms with Crippen molar-refractivity contribution in [3.05, 3.63) is 42.0 Å². The van der Waals surface area contributed by atoms with Gasteiger partial charge in [0, 0.05) is 11.4 Å². The highest BCUT2D eigenvalue weighted by atomic mass is 32.2. The van der Waals surface area contributed by atoms with Gasteiger partial charge in [-0.15, -0.1) is 11.8 Å². The number of methoxy groups -OCH3 is 1. The number of ether oxygens (including phenoxy) is 1. The van der Waals surface area contributed by atoms with E-state index in [9.17, 15) is 0 Å². The monoisotopic (exact) mass is 273 g/mol. The highest BCUT2D eigenvalue weighted by Crippen LogP contribution is 2.38. The lowest BCUT2D eigenvalue weighted by Crippen LogP contribution is -2.33. The normalized spacial score (nSPS) is 23.5. The van der Waals surface area contributed by atoms with Gasteiger partial charge in [0.15, 0.2) is 0 Å². The molecule has 100 valence electrons. The van der Waals surface area contributed by atoms with Gasteiger partial charge < -0.3 is 4.74 Å². The second-order valence-corrected chi connectivity index (χ2v) is 6.22. The lowest BCUT2D eigenvalue weighted by atomic mass is 10.0.